The molecule has 1 unspecified atom stereocenters. The fourth-order valence-electron chi connectivity index (χ4n) is 2.25. The van der Waals surface area contributed by atoms with Crippen molar-refractivity contribution in [1.82, 2.24) is 4.90 Å². The van der Waals surface area contributed by atoms with Gasteiger partial charge in [0.1, 0.15) is 0 Å². The molecule has 1 aliphatic rings. The first-order chi connectivity index (χ1) is 9.95. The average molecular weight is 297 g/mol. The largest absolute Gasteiger partial charge is 0.488 e. The maximum atomic E-state index is 13.9. The third-order valence-corrected chi connectivity index (χ3v) is 3.19. The number of carbonyl (C=O) groups is 1. The zero-order valence-electron chi connectivity index (χ0n) is 12.2. The molecule has 1 heterocycles. The molecule has 1 fully saturated rings. The second kappa shape index (κ2) is 6.87. The molecule has 1 atom stereocenters. The van der Waals surface area contributed by atoms with E-state index in [0.717, 1.165) is 5.56 Å². The highest BCUT2D eigenvalue weighted by Crippen LogP contribution is 2.21. The minimum Gasteiger partial charge on any atom is -0.488 e. The summed E-state index contributed by atoms with van der Waals surface area (Å²) in [6, 6.07) is 4.84. The van der Waals surface area contributed by atoms with E-state index in [4.69, 9.17) is 14.6 Å². The van der Waals surface area contributed by atoms with Crippen LogP contribution in [0.5, 0.6) is 5.75 Å². The van der Waals surface area contributed by atoms with Crippen LogP contribution in [0.15, 0.2) is 18.2 Å². The zero-order chi connectivity index (χ0) is 15.4. The first-order valence-corrected chi connectivity index (χ1v) is 6.97. The summed E-state index contributed by atoms with van der Waals surface area (Å²) < 4.78 is 24.4. The molecule has 0 aliphatic carbocycles. The normalized spacial score (nSPS) is 19.7. The predicted molar refractivity (Wildman–Crippen MR) is 74.8 cm³/mol. The smallest absolute Gasteiger partial charge is 0.334 e. The number of aliphatic carboxylic acids is 1. The van der Waals surface area contributed by atoms with Crippen LogP contribution in [-0.4, -0.2) is 47.9 Å². The van der Waals surface area contributed by atoms with Crippen molar-refractivity contribution >= 4 is 5.97 Å². The Morgan fingerprint density at radius 1 is 1.57 bits per heavy atom. The number of ether oxygens (including phenoxy) is 2. The van der Waals surface area contributed by atoms with Crippen LogP contribution in [-0.2, 0) is 16.1 Å². The third kappa shape index (κ3) is 4.41. The van der Waals surface area contributed by atoms with Crippen molar-refractivity contribution in [2.75, 3.05) is 19.7 Å². The number of halogens is 1. The van der Waals surface area contributed by atoms with Crippen LogP contribution in [0.4, 0.5) is 4.39 Å². The van der Waals surface area contributed by atoms with Crippen molar-refractivity contribution in [3.8, 4) is 5.75 Å². The number of hydrogen-bond acceptors (Lipinski definition) is 4. The molecule has 6 heteroatoms. The SMILES string of the molecule is CC(C)Oc1ccc(CN2CCOC(C(=O)O)C2)cc1F. The first-order valence-electron chi connectivity index (χ1n) is 6.97. The molecule has 1 aromatic carbocycles. The molecule has 2 rings (SSSR count). The summed E-state index contributed by atoms with van der Waals surface area (Å²) in [5, 5.41) is 8.96. The van der Waals surface area contributed by atoms with Gasteiger partial charge in [-0.25, -0.2) is 9.18 Å². The molecule has 0 radical (unpaired) electrons. The molecule has 5 nitrogen and oxygen atoms in total. The first kappa shape index (κ1) is 15.7. The van der Waals surface area contributed by atoms with Crippen LogP contribution >= 0.6 is 0 Å². The lowest BCUT2D eigenvalue weighted by atomic mass is 10.1. The summed E-state index contributed by atoms with van der Waals surface area (Å²) in [6.07, 6.45) is -0.895. The number of hydrogen-bond donors (Lipinski definition) is 1. The minimum absolute atomic E-state index is 0.0825. The van der Waals surface area contributed by atoms with E-state index in [1.807, 2.05) is 18.7 Å². The van der Waals surface area contributed by atoms with E-state index >= 15 is 0 Å². The van der Waals surface area contributed by atoms with Crippen molar-refractivity contribution in [3.63, 3.8) is 0 Å². The summed E-state index contributed by atoms with van der Waals surface area (Å²) >= 11 is 0. The zero-order valence-corrected chi connectivity index (χ0v) is 12.2. The fraction of sp³-hybridized carbons (Fsp3) is 0.533. The molecule has 0 amide bonds. The summed E-state index contributed by atoms with van der Waals surface area (Å²) in [5.74, 6) is -1.13. The summed E-state index contributed by atoms with van der Waals surface area (Å²) in [5.41, 5.74) is 0.787. The van der Waals surface area contributed by atoms with Gasteiger partial charge in [0.15, 0.2) is 17.7 Å². The summed E-state index contributed by atoms with van der Waals surface area (Å²) in [4.78, 5) is 12.9. The molecular formula is C15H20FNO4. The van der Waals surface area contributed by atoms with Gasteiger partial charge >= 0.3 is 5.97 Å². The van der Waals surface area contributed by atoms with E-state index < -0.39 is 17.9 Å². The lowest BCUT2D eigenvalue weighted by molar-refractivity contribution is -0.156. The van der Waals surface area contributed by atoms with Gasteiger partial charge in [-0.15, -0.1) is 0 Å². The van der Waals surface area contributed by atoms with Gasteiger partial charge in [-0.05, 0) is 31.5 Å². The molecule has 1 aliphatic heterocycles. The van der Waals surface area contributed by atoms with Gasteiger partial charge in [0.05, 0.1) is 12.7 Å². The van der Waals surface area contributed by atoms with Gasteiger partial charge in [-0.3, -0.25) is 4.90 Å². The summed E-state index contributed by atoms with van der Waals surface area (Å²) in [6.45, 7) is 5.48. The lowest BCUT2D eigenvalue weighted by Crippen LogP contribution is -2.45. The molecule has 0 bridgehead atoms. The second-order valence-corrected chi connectivity index (χ2v) is 5.36. The van der Waals surface area contributed by atoms with E-state index in [1.165, 1.54) is 6.07 Å². The average Bonchev–Trinajstić information content (AvgIpc) is 2.42. The van der Waals surface area contributed by atoms with Crippen molar-refractivity contribution < 1.29 is 23.8 Å². The number of morpholine rings is 1. The highest BCUT2D eigenvalue weighted by Gasteiger charge is 2.26. The predicted octanol–water partition coefficient (Wildman–Crippen LogP) is 1.90. The topological polar surface area (TPSA) is 59.0 Å². The van der Waals surface area contributed by atoms with Crippen molar-refractivity contribution in [1.29, 1.82) is 0 Å². The Bertz CT molecular complexity index is 506. The Hall–Kier alpha value is -1.66. The van der Waals surface area contributed by atoms with E-state index in [0.29, 0.717) is 26.2 Å². The maximum Gasteiger partial charge on any atom is 0.334 e. The molecule has 0 spiro atoms. The quantitative estimate of drug-likeness (QED) is 0.899. The molecule has 1 N–H and O–H groups in total. The molecule has 1 aromatic rings. The van der Waals surface area contributed by atoms with Gasteiger partial charge in [0, 0.05) is 19.6 Å². The van der Waals surface area contributed by atoms with Crippen LogP contribution in [0.1, 0.15) is 19.4 Å². The van der Waals surface area contributed by atoms with Gasteiger partial charge in [-0.1, -0.05) is 6.07 Å². The molecule has 0 saturated carbocycles. The molecular weight excluding hydrogens is 277 g/mol. The summed E-state index contributed by atoms with van der Waals surface area (Å²) in [7, 11) is 0. The van der Waals surface area contributed by atoms with E-state index in [2.05, 4.69) is 0 Å². The third-order valence-electron chi connectivity index (χ3n) is 3.19. The Balaban J connectivity index is 1.99. The van der Waals surface area contributed by atoms with Crippen LogP contribution in [0.2, 0.25) is 0 Å². The maximum absolute atomic E-state index is 13.9. The number of benzene rings is 1. The highest BCUT2D eigenvalue weighted by atomic mass is 19.1. The minimum atomic E-state index is -0.966. The molecule has 116 valence electrons. The Morgan fingerprint density at radius 2 is 2.33 bits per heavy atom. The Morgan fingerprint density at radius 3 is 2.95 bits per heavy atom. The lowest BCUT2D eigenvalue weighted by Gasteiger charge is -2.30. The van der Waals surface area contributed by atoms with Crippen LogP contribution < -0.4 is 4.74 Å². The standard InChI is InChI=1S/C15H20FNO4/c1-10(2)21-13-4-3-11(7-12(13)16)8-17-5-6-20-14(9-17)15(18)19/h3-4,7,10,14H,5-6,8-9H2,1-2H3,(H,18,19). The second-order valence-electron chi connectivity index (χ2n) is 5.36. The van der Waals surface area contributed by atoms with Gasteiger partial charge in [0.25, 0.3) is 0 Å². The number of carboxylic acids is 1. The fourth-order valence-corrected chi connectivity index (χ4v) is 2.25. The Kier molecular flexibility index (Phi) is 5.14. The molecule has 1 saturated heterocycles. The van der Waals surface area contributed by atoms with Gasteiger partial charge in [0.2, 0.25) is 0 Å². The van der Waals surface area contributed by atoms with Gasteiger partial charge < -0.3 is 14.6 Å². The number of rotatable bonds is 5. The van der Waals surface area contributed by atoms with E-state index in [-0.39, 0.29) is 11.9 Å². The highest BCUT2D eigenvalue weighted by molar-refractivity contribution is 5.72. The monoisotopic (exact) mass is 297 g/mol. The van der Waals surface area contributed by atoms with E-state index in [9.17, 15) is 9.18 Å². The van der Waals surface area contributed by atoms with Crippen molar-refractivity contribution in [3.05, 3.63) is 29.6 Å². The molecule has 0 aromatic heterocycles. The van der Waals surface area contributed by atoms with Crippen molar-refractivity contribution in [2.24, 2.45) is 0 Å². The van der Waals surface area contributed by atoms with Gasteiger partial charge in [-0.2, -0.15) is 0 Å². The van der Waals surface area contributed by atoms with E-state index in [1.54, 1.807) is 12.1 Å². The number of nitrogens with zero attached hydrogens (tertiary/aromatic N) is 1. The van der Waals surface area contributed by atoms with Crippen LogP contribution in [0.25, 0.3) is 0 Å². The van der Waals surface area contributed by atoms with Crippen LogP contribution in [0, 0.1) is 5.82 Å². The number of carboxylic acid groups (broad SMARTS) is 1. The Labute approximate surface area is 123 Å². The van der Waals surface area contributed by atoms with Crippen LogP contribution in [0.3, 0.4) is 0 Å². The van der Waals surface area contributed by atoms with Crippen molar-refractivity contribution in [2.45, 2.75) is 32.6 Å². The molecule has 21 heavy (non-hydrogen) atoms.